The molecule has 0 saturated heterocycles. The van der Waals surface area contributed by atoms with E-state index in [-0.39, 0.29) is 5.69 Å². The van der Waals surface area contributed by atoms with Crippen molar-refractivity contribution in [1.82, 2.24) is 9.78 Å². The van der Waals surface area contributed by atoms with Gasteiger partial charge in [-0.15, -0.1) is 0 Å². The quantitative estimate of drug-likeness (QED) is 0.778. The summed E-state index contributed by atoms with van der Waals surface area (Å²) in [6, 6.07) is 0. The van der Waals surface area contributed by atoms with E-state index < -0.39 is 12.5 Å². The molecule has 74 valence electrons. The number of alkyl halides is 2. The molecular formula is C8H13F2N3. The van der Waals surface area contributed by atoms with Crippen molar-refractivity contribution < 1.29 is 8.78 Å². The molecule has 0 aliphatic heterocycles. The van der Waals surface area contributed by atoms with E-state index in [0.29, 0.717) is 12.1 Å². The molecule has 1 rings (SSSR count). The second kappa shape index (κ2) is 3.41. The average Bonchev–Trinajstić information content (AvgIpc) is 2.47. The molecule has 3 nitrogen and oxygen atoms in total. The van der Waals surface area contributed by atoms with E-state index >= 15 is 0 Å². The standard InChI is InChI=1S/C8H13F2N3/c1-3-13-7(6(2)4-12-13)8(9,10)5-11/h4H,3,5,11H2,1-2H3. The highest BCUT2D eigenvalue weighted by atomic mass is 19.3. The first-order valence-electron chi connectivity index (χ1n) is 4.13. The third kappa shape index (κ3) is 1.70. The Morgan fingerprint density at radius 3 is 2.69 bits per heavy atom. The zero-order valence-corrected chi connectivity index (χ0v) is 7.72. The molecule has 1 aromatic heterocycles. The molecule has 1 aromatic rings. The van der Waals surface area contributed by atoms with Crippen molar-refractivity contribution in [3.05, 3.63) is 17.5 Å². The van der Waals surface area contributed by atoms with Crippen LogP contribution in [0.25, 0.3) is 0 Å². The molecule has 0 fully saturated rings. The first-order chi connectivity index (χ1) is 6.03. The number of nitrogens with two attached hydrogens (primary N) is 1. The van der Waals surface area contributed by atoms with Crippen molar-refractivity contribution in [2.45, 2.75) is 26.3 Å². The van der Waals surface area contributed by atoms with E-state index in [4.69, 9.17) is 5.73 Å². The molecule has 0 aromatic carbocycles. The summed E-state index contributed by atoms with van der Waals surface area (Å²) in [5.74, 6) is -2.98. The Morgan fingerprint density at radius 2 is 2.23 bits per heavy atom. The maximum absolute atomic E-state index is 13.2. The SMILES string of the molecule is CCn1ncc(C)c1C(F)(F)CN. The first-order valence-corrected chi connectivity index (χ1v) is 4.13. The van der Waals surface area contributed by atoms with Gasteiger partial charge in [-0.05, 0) is 19.4 Å². The van der Waals surface area contributed by atoms with E-state index in [1.807, 2.05) is 0 Å². The van der Waals surface area contributed by atoms with Gasteiger partial charge in [0, 0.05) is 6.54 Å². The smallest absolute Gasteiger partial charge is 0.301 e. The van der Waals surface area contributed by atoms with Crippen molar-refractivity contribution >= 4 is 0 Å². The molecule has 0 aliphatic rings. The molecule has 5 heteroatoms. The monoisotopic (exact) mass is 189 g/mol. The number of hydrogen-bond acceptors (Lipinski definition) is 2. The number of rotatable bonds is 3. The van der Waals surface area contributed by atoms with E-state index in [0.717, 1.165) is 0 Å². The van der Waals surface area contributed by atoms with Crippen molar-refractivity contribution in [3.8, 4) is 0 Å². The Bertz CT molecular complexity index is 294. The average molecular weight is 189 g/mol. The lowest BCUT2D eigenvalue weighted by molar-refractivity contribution is -0.00384. The number of hydrogen-bond donors (Lipinski definition) is 1. The topological polar surface area (TPSA) is 43.8 Å². The van der Waals surface area contributed by atoms with E-state index in [1.54, 1.807) is 13.8 Å². The zero-order chi connectivity index (χ0) is 10.1. The maximum Gasteiger partial charge on any atom is 0.301 e. The van der Waals surface area contributed by atoms with Crippen molar-refractivity contribution in [2.75, 3.05) is 6.54 Å². The summed E-state index contributed by atoms with van der Waals surface area (Å²) < 4.78 is 27.8. The molecule has 0 bridgehead atoms. The molecule has 0 atom stereocenters. The lowest BCUT2D eigenvalue weighted by Gasteiger charge is -2.16. The summed E-state index contributed by atoms with van der Waals surface area (Å²) in [6.07, 6.45) is 1.43. The fourth-order valence-corrected chi connectivity index (χ4v) is 1.29. The lowest BCUT2D eigenvalue weighted by Crippen LogP contribution is -2.29. The second-order valence-corrected chi connectivity index (χ2v) is 2.90. The molecule has 1 heterocycles. The molecule has 0 radical (unpaired) electrons. The highest BCUT2D eigenvalue weighted by molar-refractivity contribution is 5.21. The zero-order valence-electron chi connectivity index (χ0n) is 7.72. The van der Waals surface area contributed by atoms with Gasteiger partial charge in [0.15, 0.2) is 0 Å². The number of nitrogens with zero attached hydrogens (tertiary/aromatic N) is 2. The van der Waals surface area contributed by atoms with Crippen molar-refractivity contribution in [3.63, 3.8) is 0 Å². The minimum absolute atomic E-state index is 0.0718. The Hall–Kier alpha value is -0.970. The lowest BCUT2D eigenvalue weighted by atomic mass is 10.1. The highest BCUT2D eigenvalue weighted by Gasteiger charge is 2.35. The van der Waals surface area contributed by atoms with Crippen molar-refractivity contribution in [2.24, 2.45) is 5.73 Å². The Morgan fingerprint density at radius 1 is 1.62 bits per heavy atom. The van der Waals surface area contributed by atoms with Gasteiger partial charge in [0.25, 0.3) is 0 Å². The summed E-state index contributed by atoms with van der Waals surface area (Å²) in [7, 11) is 0. The number of halogens is 2. The van der Waals surface area contributed by atoms with Crippen LogP contribution in [0.2, 0.25) is 0 Å². The van der Waals surface area contributed by atoms with Crippen molar-refractivity contribution in [1.29, 1.82) is 0 Å². The van der Waals surface area contributed by atoms with Crippen LogP contribution in [-0.2, 0) is 12.5 Å². The fourth-order valence-electron chi connectivity index (χ4n) is 1.29. The van der Waals surface area contributed by atoms with Gasteiger partial charge in [-0.25, -0.2) is 0 Å². The van der Waals surface area contributed by atoms with E-state index in [2.05, 4.69) is 5.10 Å². The van der Waals surface area contributed by atoms with Gasteiger partial charge in [-0.3, -0.25) is 4.68 Å². The summed E-state index contributed by atoms with van der Waals surface area (Å²) >= 11 is 0. The van der Waals surface area contributed by atoms with Crippen LogP contribution >= 0.6 is 0 Å². The van der Waals surface area contributed by atoms with Gasteiger partial charge < -0.3 is 5.73 Å². The summed E-state index contributed by atoms with van der Waals surface area (Å²) in [6.45, 7) is 3.12. The van der Waals surface area contributed by atoms with E-state index in [9.17, 15) is 8.78 Å². The second-order valence-electron chi connectivity index (χ2n) is 2.90. The molecule has 0 saturated carbocycles. The van der Waals surface area contributed by atoms with Crippen LogP contribution in [0.1, 0.15) is 18.2 Å². The third-order valence-corrected chi connectivity index (χ3v) is 1.92. The number of aromatic nitrogens is 2. The van der Waals surface area contributed by atoms with Crippen LogP contribution in [0.15, 0.2) is 6.20 Å². The van der Waals surface area contributed by atoms with Crippen LogP contribution in [0, 0.1) is 6.92 Å². The molecule has 0 unspecified atom stereocenters. The summed E-state index contributed by atoms with van der Waals surface area (Å²) in [4.78, 5) is 0. The number of aryl methyl sites for hydroxylation is 2. The van der Waals surface area contributed by atoms with Crippen LogP contribution in [0.5, 0.6) is 0 Å². The Balaban J connectivity index is 3.18. The summed E-state index contributed by atoms with van der Waals surface area (Å²) in [5, 5.41) is 3.83. The van der Waals surface area contributed by atoms with E-state index in [1.165, 1.54) is 10.9 Å². The summed E-state index contributed by atoms with van der Waals surface area (Å²) in [5.41, 5.74) is 5.41. The molecular weight excluding hydrogens is 176 g/mol. The van der Waals surface area contributed by atoms with Crippen LogP contribution < -0.4 is 5.73 Å². The Kier molecular flexibility index (Phi) is 2.66. The predicted octanol–water partition coefficient (Wildman–Crippen LogP) is 1.26. The Labute approximate surface area is 75.5 Å². The fraction of sp³-hybridized carbons (Fsp3) is 0.625. The molecule has 2 N–H and O–H groups in total. The molecule has 13 heavy (non-hydrogen) atoms. The normalized spacial score (nSPS) is 12.1. The highest BCUT2D eigenvalue weighted by Crippen LogP contribution is 2.28. The van der Waals surface area contributed by atoms with Gasteiger partial charge in [-0.2, -0.15) is 13.9 Å². The van der Waals surface area contributed by atoms with Gasteiger partial charge in [0.05, 0.1) is 12.7 Å². The van der Waals surface area contributed by atoms with Crippen LogP contribution in [-0.4, -0.2) is 16.3 Å². The maximum atomic E-state index is 13.2. The van der Waals surface area contributed by atoms with Gasteiger partial charge in [0.2, 0.25) is 0 Å². The first kappa shape index (κ1) is 10.1. The largest absolute Gasteiger partial charge is 0.325 e. The van der Waals surface area contributed by atoms with Gasteiger partial charge in [-0.1, -0.05) is 0 Å². The minimum atomic E-state index is -2.98. The minimum Gasteiger partial charge on any atom is -0.325 e. The molecule has 0 amide bonds. The van der Waals surface area contributed by atoms with Gasteiger partial charge in [0.1, 0.15) is 5.69 Å². The van der Waals surface area contributed by atoms with Crippen LogP contribution in [0.4, 0.5) is 8.78 Å². The van der Waals surface area contributed by atoms with Crippen LogP contribution in [0.3, 0.4) is 0 Å². The van der Waals surface area contributed by atoms with Gasteiger partial charge >= 0.3 is 5.92 Å². The molecule has 0 spiro atoms. The molecule has 0 aliphatic carbocycles. The third-order valence-electron chi connectivity index (χ3n) is 1.92. The predicted molar refractivity (Wildman–Crippen MR) is 45.6 cm³/mol.